The second kappa shape index (κ2) is 2.76. The predicted molar refractivity (Wildman–Crippen MR) is 42.6 cm³/mol. The van der Waals surface area contributed by atoms with Crippen LogP contribution in [0.25, 0.3) is 0 Å². The monoisotopic (exact) mass is 183 g/mol. The number of carbonyl (C=O) groups excluding carboxylic acids is 1. The molecule has 0 aromatic carbocycles. The van der Waals surface area contributed by atoms with E-state index in [0.29, 0.717) is 5.69 Å². The Bertz CT molecular complexity index is 385. The summed E-state index contributed by atoms with van der Waals surface area (Å²) >= 11 is 0. The Morgan fingerprint density at radius 3 is 2.85 bits per heavy atom. The molecule has 5 nitrogen and oxygen atoms in total. The maximum Gasteiger partial charge on any atom is 0.372 e. The van der Waals surface area contributed by atoms with Gasteiger partial charge in [-0.05, 0) is 12.8 Å². The Kier molecular flexibility index (Phi) is 1.72. The smallest absolute Gasteiger partial charge is 0.372 e. The molecular formula is C8H9NO4. The summed E-state index contributed by atoms with van der Waals surface area (Å²) in [5, 5.41) is 2.46. The number of H-pyrrole nitrogens is 1. The molecule has 0 aliphatic heterocycles. The van der Waals surface area contributed by atoms with Crippen molar-refractivity contribution >= 4 is 5.97 Å². The molecule has 0 spiro atoms. The predicted octanol–water partition coefficient (Wildman–Crippen LogP) is 0.632. The van der Waals surface area contributed by atoms with E-state index in [1.165, 1.54) is 7.11 Å². The molecule has 13 heavy (non-hydrogen) atoms. The minimum Gasteiger partial charge on any atom is -0.465 e. The summed E-state index contributed by atoms with van der Waals surface area (Å²) in [4.78, 5) is 22.2. The van der Waals surface area contributed by atoms with Crippen LogP contribution in [0, 0.1) is 0 Å². The second-order valence-corrected chi connectivity index (χ2v) is 3.05. The first-order valence-corrected chi connectivity index (χ1v) is 4.03. The van der Waals surface area contributed by atoms with Gasteiger partial charge in [0, 0.05) is 5.92 Å². The van der Waals surface area contributed by atoms with E-state index >= 15 is 0 Å². The van der Waals surface area contributed by atoms with Gasteiger partial charge < -0.3 is 9.26 Å². The van der Waals surface area contributed by atoms with Crippen LogP contribution >= 0.6 is 0 Å². The van der Waals surface area contributed by atoms with Crippen LogP contribution in [0.1, 0.15) is 34.8 Å². The molecule has 1 heterocycles. The minimum absolute atomic E-state index is 0.0185. The van der Waals surface area contributed by atoms with Gasteiger partial charge in [0.15, 0.2) is 5.56 Å². The maximum atomic E-state index is 11.1. The summed E-state index contributed by atoms with van der Waals surface area (Å²) in [6, 6.07) is 0. The van der Waals surface area contributed by atoms with Crippen LogP contribution in [-0.2, 0) is 4.74 Å². The van der Waals surface area contributed by atoms with Gasteiger partial charge in [0.05, 0.1) is 12.8 Å². The van der Waals surface area contributed by atoms with Crippen molar-refractivity contribution in [3.63, 3.8) is 0 Å². The normalized spacial score (nSPS) is 15.8. The van der Waals surface area contributed by atoms with Crippen molar-refractivity contribution in [2.45, 2.75) is 18.8 Å². The lowest BCUT2D eigenvalue weighted by atomic mass is 10.2. The molecule has 1 N–H and O–H groups in total. The first-order chi connectivity index (χ1) is 6.24. The fraction of sp³-hybridized carbons (Fsp3) is 0.500. The lowest BCUT2D eigenvalue weighted by Crippen LogP contribution is -2.13. The van der Waals surface area contributed by atoms with Crippen molar-refractivity contribution in [1.29, 1.82) is 0 Å². The third kappa shape index (κ3) is 1.26. The third-order valence-corrected chi connectivity index (χ3v) is 2.10. The van der Waals surface area contributed by atoms with Crippen LogP contribution in [-0.4, -0.2) is 18.2 Å². The average molecular weight is 183 g/mol. The Labute approximate surface area is 73.7 Å². The number of nitrogens with one attached hydrogen (secondary N) is 1. The summed E-state index contributed by atoms with van der Waals surface area (Å²) in [7, 11) is 1.24. The van der Waals surface area contributed by atoms with E-state index < -0.39 is 11.6 Å². The lowest BCUT2D eigenvalue weighted by Gasteiger charge is -1.95. The van der Waals surface area contributed by atoms with E-state index in [0.717, 1.165) is 12.8 Å². The zero-order valence-corrected chi connectivity index (χ0v) is 7.12. The van der Waals surface area contributed by atoms with Crippen LogP contribution < -0.4 is 5.63 Å². The Morgan fingerprint density at radius 1 is 1.62 bits per heavy atom. The van der Waals surface area contributed by atoms with E-state index in [-0.39, 0.29) is 11.5 Å². The van der Waals surface area contributed by atoms with Crippen LogP contribution in [0.3, 0.4) is 0 Å². The van der Waals surface area contributed by atoms with Crippen molar-refractivity contribution in [2.24, 2.45) is 0 Å². The van der Waals surface area contributed by atoms with Gasteiger partial charge in [0.2, 0.25) is 0 Å². The first-order valence-electron chi connectivity index (χ1n) is 4.03. The topological polar surface area (TPSA) is 72.3 Å². The first kappa shape index (κ1) is 8.10. The van der Waals surface area contributed by atoms with Crippen LogP contribution in [0.4, 0.5) is 0 Å². The number of ether oxygens (including phenoxy) is 1. The number of hydrogen-bond donors (Lipinski definition) is 1. The van der Waals surface area contributed by atoms with E-state index in [1.54, 1.807) is 0 Å². The fourth-order valence-corrected chi connectivity index (χ4v) is 1.27. The number of methoxy groups -OCH3 is 1. The second-order valence-electron chi connectivity index (χ2n) is 3.05. The number of carbonyl (C=O) groups is 1. The molecular weight excluding hydrogens is 174 g/mol. The van der Waals surface area contributed by atoms with Crippen molar-refractivity contribution in [2.75, 3.05) is 7.11 Å². The van der Waals surface area contributed by atoms with Gasteiger partial charge in [-0.25, -0.2) is 14.7 Å². The molecule has 0 unspecified atom stereocenters. The van der Waals surface area contributed by atoms with Crippen molar-refractivity contribution in [3.8, 4) is 0 Å². The van der Waals surface area contributed by atoms with Gasteiger partial charge in [-0.2, -0.15) is 0 Å². The molecule has 70 valence electrons. The summed E-state index contributed by atoms with van der Waals surface area (Å²) in [5.41, 5.74) is -0.0457. The molecule has 0 saturated heterocycles. The molecule has 1 aliphatic carbocycles. The largest absolute Gasteiger partial charge is 0.465 e. The molecule has 2 rings (SSSR count). The standard InChI is InChI=1S/C8H9NO4/c1-12-7(10)5-6(4-2-3-4)9-13-8(5)11/h4,9H,2-3H2,1H3. The number of aromatic amines is 1. The molecule has 0 amide bonds. The quantitative estimate of drug-likeness (QED) is 0.682. The van der Waals surface area contributed by atoms with Crippen LogP contribution in [0.5, 0.6) is 0 Å². The van der Waals surface area contributed by atoms with Gasteiger partial charge >= 0.3 is 11.6 Å². The van der Waals surface area contributed by atoms with Gasteiger partial charge in [0.25, 0.3) is 0 Å². The van der Waals surface area contributed by atoms with Crippen molar-refractivity contribution < 1.29 is 14.1 Å². The van der Waals surface area contributed by atoms with E-state index in [2.05, 4.69) is 14.4 Å². The average Bonchev–Trinajstić information content (AvgIpc) is 2.89. The molecule has 0 radical (unpaired) electrons. The SMILES string of the molecule is COC(=O)c1c(C2CC2)[nH]oc1=O. The number of aromatic nitrogens is 1. The van der Waals surface area contributed by atoms with Crippen molar-refractivity contribution in [3.05, 3.63) is 21.7 Å². The molecule has 1 aromatic heterocycles. The summed E-state index contributed by atoms with van der Waals surface area (Å²) in [5.74, 6) is -0.363. The van der Waals surface area contributed by atoms with Gasteiger partial charge in [-0.3, -0.25) is 0 Å². The van der Waals surface area contributed by atoms with E-state index in [1.807, 2.05) is 0 Å². The fourth-order valence-electron chi connectivity index (χ4n) is 1.27. The highest BCUT2D eigenvalue weighted by Gasteiger charge is 2.33. The molecule has 0 atom stereocenters. The van der Waals surface area contributed by atoms with Gasteiger partial charge in [-0.1, -0.05) is 0 Å². The summed E-state index contributed by atoms with van der Waals surface area (Å²) < 4.78 is 9.01. The zero-order chi connectivity index (χ0) is 9.42. The Balaban J connectivity index is 2.45. The van der Waals surface area contributed by atoms with E-state index in [4.69, 9.17) is 0 Å². The van der Waals surface area contributed by atoms with Crippen molar-refractivity contribution in [1.82, 2.24) is 5.16 Å². The molecule has 1 saturated carbocycles. The Morgan fingerprint density at radius 2 is 2.31 bits per heavy atom. The molecule has 1 fully saturated rings. The third-order valence-electron chi connectivity index (χ3n) is 2.10. The summed E-state index contributed by atoms with van der Waals surface area (Å²) in [6.45, 7) is 0. The molecule has 0 bridgehead atoms. The maximum absolute atomic E-state index is 11.1. The number of esters is 1. The molecule has 1 aliphatic rings. The zero-order valence-electron chi connectivity index (χ0n) is 7.12. The minimum atomic E-state index is -0.645. The van der Waals surface area contributed by atoms with Crippen LogP contribution in [0.15, 0.2) is 9.32 Å². The van der Waals surface area contributed by atoms with Gasteiger partial charge in [0.1, 0.15) is 0 Å². The number of rotatable bonds is 2. The van der Waals surface area contributed by atoms with E-state index in [9.17, 15) is 9.59 Å². The highest BCUT2D eigenvalue weighted by Crippen LogP contribution is 2.40. The van der Waals surface area contributed by atoms with Crippen LogP contribution in [0.2, 0.25) is 0 Å². The summed E-state index contributed by atoms with van der Waals surface area (Å²) in [6.07, 6.45) is 1.97. The lowest BCUT2D eigenvalue weighted by molar-refractivity contribution is 0.0597. The van der Waals surface area contributed by atoms with Gasteiger partial charge in [-0.15, -0.1) is 0 Å². The molecule has 1 aromatic rings. The molecule has 5 heteroatoms. The highest BCUT2D eigenvalue weighted by molar-refractivity contribution is 5.90. The highest BCUT2D eigenvalue weighted by atomic mass is 16.5. The Hall–Kier alpha value is -1.52. The number of hydrogen-bond acceptors (Lipinski definition) is 4.